The lowest BCUT2D eigenvalue weighted by molar-refractivity contribution is -0.130. The van der Waals surface area contributed by atoms with Crippen LogP contribution in [0, 0.1) is 0 Å². The van der Waals surface area contributed by atoms with Gasteiger partial charge in [0.25, 0.3) is 5.91 Å². The van der Waals surface area contributed by atoms with Gasteiger partial charge in [-0.3, -0.25) is 14.5 Å². The number of nitrogens with zero attached hydrogens (tertiary/aromatic N) is 2. The standard InChI is InChI=1S/C31H33N3O6S/c1-38-26-14-9-22(19-27(26)39-2)16-17-33-25(20-28(35)32-24-12-10-23(11-13-24)30(37)40-3)29(36)34(31(33)41)18-15-21-7-5-4-6-8-21/h4-14,19,25H,15-18,20H2,1-3H3,(H,32,35)/t25-/m0/s1. The monoisotopic (exact) mass is 575 g/mol. The molecule has 0 spiro atoms. The fourth-order valence-electron chi connectivity index (χ4n) is 4.72. The van der Waals surface area contributed by atoms with E-state index in [-0.39, 0.29) is 18.2 Å². The number of benzene rings is 3. The van der Waals surface area contributed by atoms with Gasteiger partial charge in [-0.25, -0.2) is 4.79 Å². The highest BCUT2D eigenvalue weighted by Crippen LogP contribution is 2.29. The van der Waals surface area contributed by atoms with Crippen LogP contribution in [0.4, 0.5) is 5.69 Å². The number of methoxy groups -OCH3 is 3. The second-order valence-corrected chi connectivity index (χ2v) is 9.84. The molecule has 0 saturated carbocycles. The average molecular weight is 576 g/mol. The normalized spacial score (nSPS) is 14.7. The maximum Gasteiger partial charge on any atom is 0.337 e. The third kappa shape index (κ3) is 7.20. The van der Waals surface area contributed by atoms with Crippen LogP contribution in [0.25, 0.3) is 0 Å². The Morgan fingerprint density at radius 3 is 2.20 bits per heavy atom. The molecular formula is C31H33N3O6S. The topological polar surface area (TPSA) is 97.4 Å². The molecule has 0 aromatic heterocycles. The van der Waals surface area contributed by atoms with Crippen LogP contribution in [-0.2, 0) is 27.2 Å². The van der Waals surface area contributed by atoms with Gasteiger partial charge in [-0.15, -0.1) is 0 Å². The first-order valence-corrected chi connectivity index (χ1v) is 13.6. The highest BCUT2D eigenvalue weighted by Gasteiger charge is 2.42. The van der Waals surface area contributed by atoms with Crippen molar-refractivity contribution >= 4 is 40.8 Å². The summed E-state index contributed by atoms with van der Waals surface area (Å²) in [5.74, 6) is 0.245. The molecule has 4 rings (SSSR count). The highest BCUT2D eigenvalue weighted by atomic mass is 32.1. The van der Waals surface area contributed by atoms with Crippen LogP contribution < -0.4 is 14.8 Å². The van der Waals surface area contributed by atoms with Gasteiger partial charge in [0.2, 0.25) is 5.91 Å². The van der Waals surface area contributed by atoms with E-state index in [1.807, 2.05) is 53.4 Å². The third-order valence-electron chi connectivity index (χ3n) is 6.93. The molecule has 1 atom stereocenters. The lowest BCUT2D eigenvalue weighted by Crippen LogP contribution is -2.39. The quantitative estimate of drug-likeness (QED) is 0.255. The maximum atomic E-state index is 13.6. The van der Waals surface area contributed by atoms with E-state index in [1.165, 1.54) is 7.11 Å². The molecule has 0 radical (unpaired) electrons. The zero-order chi connectivity index (χ0) is 29.4. The van der Waals surface area contributed by atoms with Crippen molar-refractivity contribution in [3.63, 3.8) is 0 Å². The Balaban J connectivity index is 1.49. The number of nitrogens with one attached hydrogen (secondary N) is 1. The van der Waals surface area contributed by atoms with Crippen LogP contribution in [0.1, 0.15) is 27.9 Å². The maximum absolute atomic E-state index is 13.6. The van der Waals surface area contributed by atoms with E-state index in [2.05, 4.69) is 5.32 Å². The minimum Gasteiger partial charge on any atom is -0.493 e. The van der Waals surface area contributed by atoms with E-state index < -0.39 is 12.0 Å². The van der Waals surface area contributed by atoms with Crippen LogP contribution in [0.5, 0.6) is 11.5 Å². The summed E-state index contributed by atoms with van der Waals surface area (Å²) < 4.78 is 15.5. The van der Waals surface area contributed by atoms with Crippen molar-refractivity contribution in [1.29, 1.82) is 0 Å². The second kappa shape index (κ2) is 13.8. The van der Waals surface area contributed by atoms with Crippen LogP contribution in [0.3, 0.4) is 0 Å². The van der Waals surface area contributed by atoms with Crippen molar-refractivity contribution in [2.24, 2.45) is 0 Å². The van der Waals surface area contributed by atoms with Crippen LogP contribution >= 0.6 is 12.2 Å². The Morgan fingerprint density at radius 2 is 1.54 bits per heavy atom. The highest BCUT2D eigenvalue weighted by molar-refractivity contribution is 7.80. The van der Waals surface area contributed by atoms with Crippen molar-refractivity contribution in [2.45, 2.75) is 25.3 Å². The van der Waals surface area contributed by atoms with Crippen molar-refractivity contribution < 1.29 is 28.6 Å². The molecule has 1 aliphatic rings. The smallest absolute Gasteiger partial charge is 0.337 e. The van der Waals surface area contributed by atoms with Gasteiger partial charge in [0.1, 0.15) is 6.04 Å². The molecule has 1 fully saturated rings. The number of thiocarbonyl (C=S) groups is 1. The molecule has 3 aromatic carbocycles. The first kappa shape index (κ1) is 29.5. The molecule has 10 heteroatoms. The summed E-state index contributed by atoms with van der Waals surface area (Å²) in [4.78, 5) is 41.8. The molecule has 0 bridgehead atoms. The molecule has 1 saturated heterocycles. The van der Waals surface area contributed by atoms with Gasteiger partial charge in [-0.2, -0.15) is 0 Å². The summed E-state index contributed by atoms with van der Waals surface area (Å²) in [6.45, 7) is 0.856. The van der Waals surface area contributed by atoms with Crippen molar-refractivity contribution in [3.8, 4) is 11.5 Å². The number of carbonyl (C=O) groups is 3. The van der Waals surface area contributed by atoms with Crippen LogP contribution in [0.2, 0.25) is 0 Å². The van der Waals surface area contributed by atoms with Gasteiger partial charge in [-0.05, 0) is 72.6 Å². The number of hydrogen-bond acceptors (Lipinski definition) is 7. The first-order valence-electron chi connectivity index (χ1n) is 13.2. The van der Waals surface area contributed by atoms with Crippen LogP contribution in [0.15, 0.2) is 72.8 Å². The summed E-state index contributed by atoms with van der Waals surface area (Å²) >= 11 is 5.78. The van der Waals surface area contributed by atoms with E-state index >= 15 is 0 Å². The molecular weight excluding hydrogens is 542 g/mol. The van der Waals surface area contributed by atoms with E-state index in [4.69, 9.17) is 26.4 Å². The first-order chi connectivity index (χ1) is 19.8. The van der Waals surface area contributed by atoms with E-state index in [0.717, 1.165) is 11.1 Å². The van der Waals surface area contributed by atoms with Gasteiger partial charge in [0.15, 0.2) is 16.6 Å². The fraction of sp³-hybridized carbons (Fsp3) is 0.290. The summed E-state index contributed by atoms with van der Waals surface area (Å²) in [7, 11) is 4.47. The van der Waals surface area contributed by atoms with Gasteiger partial charge in [-0.1, -0.05) is 36.4 Å². The predicted octanol–water partition coefficient (Wildman–Crippen LogP) is 4.10. The Kier molecular flexibility index (Phi) is 9.91. The van der Waals surface area contributed by atoms with Crippen molar-refractivity contribution in [3.05, 3.63) is 89.5 Å². The molecule has 41 heavy (non-hydrogen) atoms. The summed E-state index contributed by atoms with van der Waals surface area (Å²) in [6, 6.07) is 21.2. The third-order valence-corrected chi connectivity index (χ3v) is 7.38. The van der Waals surface area contributed by atoms with E-state index in [0.29, 0.717) is 53.8 Å². The zero-order valence-electron chi connectivity index (χ0n) is 23.3. The minimum atomic E-state index is -0.743. The van der Waals surface area contributed by atoms with Crippen molar-refractivity contribution in [2.75, 3.05) is 39.7 Å². The number of carbonyl (C=O) groups excluding carboxylic acids is 3. The zero-order valence-corrected chi connectivity index (χ0v) is 24.1. The Bertz CT molecular complexity index is 1400. The number of amides is 2. The summed E-state index contributed by atoms with van der Waals surface area (Å²) in [5, 5.41) is 3.23. The van der Waals surface area contributed by atoms with E-state index in [1.54, 1.807) is 43.4 Å². The Labute approximate surface area is 245 Å². The van der Waals surface area contributed by atoms with Gasteiger partial charge in [0.05, 0.1) is 33.3 Å². The Morgan fingerprint density at radius 1 is 0.854 bits per heavy atom. The van der Waals surface area contributed by atoms with Gasteiger partial charge < -0.3 is 24.4 Å². The molecule has 0 unspecified atom stereocenters. The lowest BCUT2D eigenvalue weighted by Gasteiger charge is -2.24. The number of anilines is 1. The number of hydrogen-bond donors (Lipinski definition) is 1. The molecule has 9 nitrogen and oxygen atoms in total. The largest absolute Gasteiger partial charge is 0.493 e. The number of rotatable bonds is 12. The Hall–Kier alpha value is -4.44. The second-order valence-electron chi connectivity index (χ2n) is 9.48. The summed E-state index contributed by atoms with van der Waals surface area (Å²) in [5.41, 5.74) is 2.96. The lowest BCUT2D eigenvalue weighted by atomic mass is 10.1. The summed E-state index contributed by atoms with van der Waals surface area (Å²) in [6.07, 6.45) is 1.14. The molecule has 1 heterocycles. The minimum absolute atomic E-state index is 0.0779. The van der Waals surface area contributed by atoms with Crippen LogP contribution in [-0.4, -0.2) is 73.2 Å². The molecule has 0 aliphatic carbocycles. The SMILES string of the molecule is COC(=O)c1ccc(NC(=O)C[C@H]2C(=O)N(CCc3ccccc3)C(=S)N2CCc2ccc(OC)c(OC)c2)cc1. The predicted molar refractivity (Wildman–Crippen MR) is 159 cm³/mol. The van der Waals surface area contributed by atoms with Gasteiger partial charge >= 0.3 is 5.97 Å². The number of ether oxygens (including phenoxy) is 3. The fourth-order valence-corrected chi connectivity index (χ4v) is 5.12. The van der Waals surface area contributed by atoms with Gasteiger partial charge in [0, 0.05) is 18.8 Å². The molecule has 3 aromatic rings. The number of esters is 1. The molecule has 1 N–H and O–H groups in total. The van der Waals surface area contributed by atoms with Crippen molar-refractivity contribution in [1.82, 2.24) is 9.80 Å². The molecule has 1 aliphatic heterocycles. The average Bonchev–Trinajstić information content (AvgIpc) is 3.22. The van der Waals surface area contributed by atoms with E-state index in [9.17, 15) is 14.4 Å². The molecule has 2 amide bonds. The molecule has 214 valence electrons.